The smallest absolute Gasteiger partial charge is 0.333 e. The summed E-state index contributed by atoms with van der Waals surface area (Å²) in [4.78, 5) is 11.5. The molecule has 0 fully saturated rings. The normalized spacial score (nSPS) is 12.4. The zero-order valence-electron chi connectivity index (χ0n) is 9.96. The van der Waals surface area contributed by atoms with Crippen LogP contribution in [-0.4, -0.2) is 12.6 Å². The SMILES string of the molecule is CCC(=CC(C)C)C(=O)OCC(C)C. The van der Waals surface area contributed by atoms with E-state index in [0.717, 1.165) is 12.0 Å². The van der Waals surface area contributed by atoms with Gasteiger partial charge in [-0.05, 0) is 18.3 Å². The Labute approximate surface area is 87.3 Å². The first-order chi connectivity index (χ1) is 6.47. The summed E-state index contributed by atoms with van der Waals surface area (Å²) in [6.45, 7) is 10.7. The van der Waals surface area contributed by atoms with E-state index in [1.54, 1.807) is 0 Å². The van der Waals surface area contributed by atoms with E-state index in [0.29, 0.717) is 18.4 Å². The standard InChI is InChI=1S/C12H22O2/c1-6-11(7-9(2)3)12(13)14-8-10(4)5/h7,9-10H,6,8H2,1-5H3. The van der Waals surface area contributed by atoms with Gasteiger partial charge in [-0.2, -0.15) is 0 Å². The van der Waals surface area contributed by atoms with E-state index < -0.39 is 0 Å². The van der Waals surface area contributed by atoms with Gasteiger partial charge in [0, 0.05) is 5.57 Å². The van der Waals surface area contributed by atoms with Crippen molar-refractivity contribution in [1.29, 1.82) is 0 Å². The summed E-state index contributed by atoms with van der Waals surface area (Å²) in [7, 11) is 0. The highest BCUT2D eigenvalue weighted by Crippen LogP contribution is 2.09. The van der Waals surface area contributed by atoms with E-state index in [9.17, 15) is 4.79 Å². The van der Waals surface area contributed by atoms with Gasteiger partial charge < -0.3 is 4.74 Å². The molecule has 0 aliphatic rings. The predicted molar refractivity (Wildman–Crippen MR) is 59.0 cm³/mol. The zero-order chi connectivity index (χ0) is 11.1. The number of ether oxygens (including phenoxy) is 1. The molecule has 0 unspecified atom stereocenters. The molecule has 14 heavy (non-hydrogen) atoms. The van der Waals surface area contributed by atoms with Crippen LogP contribution >= 0.6 is 0 Å². The summed E-state index contributed by atoms with van der Waals surface area (Å²) in [6.07, 6.45) is 2.72. The molecular formula is C12H22O2. The minimum Gasteiger partial charge on any atom is -0.462 e. The number of hydrogen-bond acceptors (Lipinski definition) is 2. The highest BCUT2D eigenvalue weighted by Gasteiger charge is 2.09. The van der Waals surface area contributed by atoms with Gasteiger partial charge in [0.25, 0.3) is 0 Å². The van der Waals surface area contributed by atoms with Crippen molar-refractivity contribution in [2.75, 3.05) is 6.61 Å². The summed E-state index contributed by atoms with van der Waals surface area (Å²) in [5.41, 5.74) is 0.792. The average Bonchev–Trinajstić information content (AvgIpc) is 2.09. The van der Waals surface area contributed by atoms with Gasteiger partial charge >= 0.3 is 5.97 Å². The molecule has 0 aliphatic carbocycles. The fourth-order valence-electron chi connectivity index (χ4n) is 1.07. The van der Waals surface area contributed by atoms with Crippen molar-refractivity contribution < 1.29 is 9.53 Å². The second-order valence-electron chi connectivity index (χ2n) is 4.28. The quantitative estimate of drug-likeness (QED) is 0.501. The molecule has 0 spiro atoms. The van der Waals surface area contributed by atoms with Crippen LogP contribution in [0, 0.1) is 11.8 Å². The van der Waals surface area contributed by atoms with Crippen molar-refractivity contribution >= 4 is 5.97 Å². The lowest BCUT2D eigenvalue weighted by molar-refractivity contribution is -0.140. The summed E-state index contributed by atoms with van der Waals surface area (Å²) in [6, 6.07) is 0. The number of carbonyl (C=O) groups is 1. The monoisotopic (exact) mass is 198 g/mol. The third-order valence-electron chi connectivity index (χ3n) is 1.73. The first-order valence-corrected chi connectivity index (χ1v) is 5.35. The van der Waals surface area contributed by atoms with Crippen molar-refractivity contribution in [3.05, 3.63) is 11.6 Å². The maximum Gasteiger partial charge on any atom is 0.333 e. The van der Waals surface area contributed by atoms with E-state index >= 15 is 0 Å². The Balaban J connectivity index is 4.19. The van der Waals surface area contributed by atoms with E-state index in [2.05, 4.69) is 13.8 Å². The number of allylic oxidation sites excluding steroid dienone is 1. The molecule has 0 radical (unpaired) electrons. The molecule has 0 aromatic heterocycles. The summed E-state index contributed by atoms with van der Waals surface area (Å²) in [5.74, 6) is 0.641. The molecule has 0 atom stereocenters. The lowest BCUT2D eigenvalue weighted by Crippen LogP contribution is -2.12. The molecule has 2 heteroatoms. The van der Waals surface area contributed by atoms with Crippen LogP contribution in [-0.2, 0) is 9.53 Å². The predicted octanol–water partition coefficient (Wildman–Crippen LogP) is 3.18. The van der Waals surface area contributed by atoms with Crippen molar-refractivity contribution in [1.82, 2.24) is 0 Å². The highest BCUT2D eigenvalue weighted by atomic mass is 16.5. The largest absolute Gasteiger partial charge is 0.462 e. The number of esters is 1. The molecule has 0 aromatic rings. The van der Waals surface area contributed by atoms with Crippen LogP contribution in [0.4, 0.5) is 0 Å². The van der Waals surface area contributed by atoms with E-state index in [1.807, 2.05) is 26.8 Å². The highest BCUT2D eigenvalue weighted by molar-refractivity contribution is 5.88. The molecular weight excluding hydrogens is 176 g/mol. The van der Waals surface area contributed by atoms with Crippen molar-refractivity contribution in [2.45, 2.75) is 41.0 Å². The molecule has 0 saturated heterocycles. The lowest BCUT2D eigenvalue weighted by atomic mass is 10.1. The van der Waals surface area contributed by atoms with E-state index in [-0.39, 0.29) is 5.97 Å². The first kappa shape index (κ1) is 13.2. The van der Waals surface area contributed by atoms with Crippen LogP contribution in [0.25, 0.3) is 0 Å². The Bertz CT molecular complexity index is 202. The van der Waals surface area contributed by atoms with Gasteiger partial charge in [-0.25, -0.2) is 4.79 Å². The average molecular weight is 198 g/mol. The van der Waals surface area contributed by atoms with Gasteiger partial charge in [0.2, 0.25) is 0 Å². The summed E-state index contributed by atoms with van der Waals surface area (Å²) in [5, 5.41) is 0. The fraction of sp³-hybridized carbons (Fsp3) is 0.750. The molecule has 0 rings (SSSR count). The van der Waals surface area contributed by atoms with Crippen LogP contribution in [0.2, 0.25) is 0 Å². The number of carbonyl (C=O) groups excluding carboxylic acids is 1. The van der Waals surface area contributed by atoms with Gasteiger partial charge in [0.1, 0.15) is 0 Å². The van der Waals surface area contributed by atoms with Crippen molar-refractivity contribution in [3.63, 3.8) is 0 Å². The minimum absolute atomic E-state index is 0.157. The third kappa shape index (κ3) is 5.79. The second-order valence-corrected chi connectivity index (χ2v) is 4.28. The van der Waals surface area contributed by atoms with Crippen molar-refractivity contribution in [3.8, 4) is 0 Å². The molecule has 0 saturated carbocycles. The van der Waals surface area contributed by atoms with Gasteiger partial charge in [-0.15, -0.1) is 0 Å². The maximum atomic E-state index is 11.5. The zero-order valence-corrected chi connectivity index (χ0v) is 9.96. The number of rotatable bonds is 5. The summed E-state index contributed by atoms with van der Waals surface area (Å²) < 4.78 is 5.15. The Morgan fingerprint density at radius 2 is 1.86 bits per heavy atom. The molecule has 82 valence electrons. The van der Waals surface area contributed by atoms with Gasteiger partial charge in [-0.1, -0.05) is 40.7 Å². The van der Waals surface area contributed by atoms with E-state index in [4.69, 9.17) is 4.74 Å². The first-order valence-electron chi connectivity index (χ1n) is 5.35. The Kier molecular flexibility index (Phi) is 6.26. The van der Waals surface area contributed by atoms with Crippen molar-refractivity contribution in [2.24, 2.45) is 11.8 Å². The van der Waals surface area contributed by atoms with Crippen LogP contribution in [0.5, 0.6) is 0 Å². The molecule has 0 aromatic carbocycles. The molecule has 0 amide bonds. The Morgan fingerprint density at radius 3 is 2.21 bits per heavy atom. The Morgan fingerprint density at radius 1 is 1.29 bits per heavy atom. The Hall–Kier alpha value is -0.790. The van der Waals surface area contributed by atoms with Gasteiger partial charge in [0.05, 0.1) is 6.61 Å². The second kappa shape index (κ2) is 6.63. The summed E-state index contributed by atoms with van der Waals surface area (Å²) >= 11 is 0. The molecule has 2 nitrogen and oxygen atoms in total. The fourth-order valence-corrected chi connectivity index (χ4v) is 1.07. The molecule has 0 heterocycles. The molecule has 0 N–H and O–H groups in total. The van der Waals surface area contributed by atoms with Crippen LogP contribution in [0.1, 0.15) is 41.0 Å². The van der Waals surface area contributed by atoms with Gasteiger partial charge in [-0.3, -0.25) is 0 Å². The van der Waals surface area contributed by atoms with Crippen LogP contribution < -0.4 is 0 Å². The molecule has 0 aliphatic heterocycles. The van der Waals surface area contributed by atoms with E-state index in [1.165, 1.54) is 0 Å². The third-order valence-corrected chi connectivity index (χ3v) is 1.73. The van der Waals surface area contributed by atoms with Crippen LogP contribution in [0.3, 0.4) is 0 Å². The maximum absolute atomic E-state index is 11.5. The molecule has 0 bridgehead atoms. The van der Waals surface area contributed by atoms with Gasteiger partial charge in [0.15, 0.2) is 0 Å². The topological polar surface area (TPSA) is 26.3 Å². The number of hydrogen-bond donors (Lipinski definition) is 0. The minimum atomic E-state index is -0.157. The van der Waals surface area contributed by atoms with Crippen LogP contribution in [0.15, 0.2) is 11.6 Å². The lowest BCUT2D eigenvalue weighted by Gasteiger charge is -2.09.